The van der Waals surface area contributed by atoms with Crippen LogP contribution in [-0.2, 0) is 9.59 Å². The summed E-state index contributed by atoms with van der Waals surface area (Å²) in [6.45, 7) is 4.25. The molecule has 0 bridgehead atoms. The molecule has 1 atom stereocenters. The highest BCUT2D eigenvalue weighted by Gasteiger charge is 2.20. The van der Waals surface area contributed by atoms with Crippen molar-refractivity contribution < 1.29 is 9.59 Å². The maximum absolute atomic E-state index is 11.6. The summed E-state index contributed by atoms with van der Waals surface area (Å²) in [7, 11) is 3.34. The summed E-state index contributed by atoms with van der Waals surface area (Å²) in [4.78, 5) is 26.0. The number of amides is 2. The molecule has 0 aliphatic heterocycles. The molecule has 4 nitrogen and oxygen atoms in total. The second-order valence-electron chi connectivity index (χ2n) is 3.66. The van der Waals surface area contributed by atoms with Gasteiger partial charge in [-0.15, -0.1) is 11.6 Å². The standard InChI is InChI=1S/C10H19ClN2O2/c1-5-6-13(10(15)8(2)11)7-9(14)12(3)4/h8H,5-7H2,1-4H3. The molecule has 0 aromatic heterocycles. The van der Waals surface area contributed by atoms with E-state index in [1.165, 1.54) is 9.80 Å². The van der Waals surface area contributed by atoms with Gasteiger partial charge in [-0.25, -0.2) is 0 Å². The van der Waals surface area contributed by atoms with E-state index in [2.05, 4.69) is 0 Å². The van der Waals surface area contributed by atoms with Gasteiger partial charge in [0.1, 0.15) is 5.38 Å². The number of rotatable bonds is 5. The Kier molecular flexibility index (Phi) is 6.32. The van der Waals surface area contributed by atoms with Gasteiger partial charge in [-0.05, 0) is 13.3 Å². The molecular weight excluding hydrogens is 216 g/mol. The lowest BCUT2D eigenvalue weighted by Crippen LogP contribution is -2.43. The van der Waals surface area contributed by atoms with Crippen LogP contribution in [0.2, 0.25) is 0 Å². The van der Waals surface area contributed by atoms with Gasteiger partial charge in [-0.2, -0.15) is 0 Å². The monoisotopic (exact) mass is 234 g/mol. The van der Waals surface area contributed by atoms with Crippen LogP contribution in [0.5, 0.6) is 0 Å². The highest BCUT2D eigenvalue weighted by atomic mass is 35.5. The summed E-state index contributed by atoms with van der Waals surface area (Å²) in [6, 6.07) is 0. The Morgan fingerprint density at radius 3 is 2.20 bits per heavy atom. The van der Waals surface area contributed by atoms with Gasteiger partial charge >= 0.3 is 0 Å². The molecule has 0 aromatic carbocycles. The van der Waals surface area contributed by atoms with Crippen molar-refractivity contribution in [3.63, 3.8) is 0 Å². The number of halogens is 1. The molecular formula is C10H19ClN2O2. The highest BCUT2D eigenvalue weighted by molar-refractivity contribution is 6.30. The van der Waals surface area contributed by atoms with Gasteiger partial charge in [-0.3, -0.25) is 9.59 Å². The molecule has 1 unspecified atom stereocenters. The zero-order valence-electron chi connectivity index (χ0n) is 9.79. The molecule has 0 spiro atoms. The number of nitrogens with zero attached hydrogens (tertiary/aromatic N) is 2. The molecule has 0 heterocycles. The van der Waals surface area contributed by atoms with Gasteiger partial charge < -0.3 is 9.80 Å². The van der Waals surface area contributed by atoms with Gasteiger partial charge in [-0.1, -0.05) is 6.92 Å². The van der Waals surface area contributed by atoms with Crippen molar-refractivity contribution in [2.45, 2.75) is 25.6 Å². The van der Waals surface area contributed by atoms with Crippen LogP contribution in [0.15, 0.2) is 0 Å². The number of alkyl halides is 1. The zero-order chi connectivity index (χ0) is 12.0. The normalized spacial score (nSPS) is 12.1. The number of likely N-dealkylation sites (N-methyl/N-ethyl adjacent to an activating group) is 1. The Bertz CT molecular complexity index is 229. The summed E-state index contributed by atoms with van der Waals surface area (Å²) in [5.74, 6) is -0.275. The van der Waals surface area contributed by atoms with Gasteiger partial charge in [0.2, 0.25) is 11.8 Å². The van der Waals surface area contributed by atoms with Crippen LogP contribution in [0, 0.1) is 0 Å². The second kappa shape index (κ2) is 6.67. The third-order valence-corrected chi connectivity index (χ3v) is 2.16. The van der Waals surface area contributed by atoms with Gasteiger partial charge in [0.05, 0.1) is 6.54 Å². The molecule has 0 saturated carbocycles. The SMILES string of the molecule is CCCN(CC(=O)N(C)C)C(=O)C(C)Cl. The van der Waals surface area contributed by atoms with E-state index in [-0.39, 0.29) is 18.4 Å². The van der Waals surface area contributed by atoms with E-state index in [0.717, 1.165) is 6.42 Å². The van der Waals surface area contributed by atoms with Crippen molar-refractivity contribution in [3.05, 3.63) is 0 Å². The van der Waals surface area contributed by atoms with Crippen LogP contribution >= 0.6 is 11.6 Å². The van der Waals surface area contributed by atoms with Crippen LogP contribution in [0.25, 0.3) is 0 Å². The van der Waals surface area contributed by atoms with E-state index >= 15 is 0 Å². The molecule has 0 aliphatic rings. The summed E-state index contributed by atoms with van der Waals surface area (Å²) in [6.07, 6.45) is 0.816. The fourth-order valence-corrected chi connectivity index (χ4v) is 1.23. The Labute approximate surface area is 96.2 Å². The Hall–Kier alpha value is -0.770. The van der Waals surface area contributed by atoms with E-state index in [1.54, 1.807) is 21.0 Å². The van der Waals surface area contributed by atoms with E-state index in [0.29, 0.717) is 6.54 Å². The molecule has 15 heavy (non-hydrogen) atoms. The lowest BCUT2D eigenvalue weighted by Gasteiger charge is -2.24. The maximum Gasteiger partial charge on any atom is 0.241 e. The number of hydrogen-bond donors (Lipinski definition) is 0. The predicted molar refractivity (Wildman–Crippen MR) is 60.9 cm³/mol. The molecule has 0 saturated heterocycles. The fourth-order valence-electron chi connectivity index (χ4n) is 1.09. The second-order valence-corrected chi connectivity index (χ2v) is 4.32. The first kappa shape index (κ1) is 14.2. The van der Waals surface area contributed by atoms with Crippen LogP contribution < -0.4 is 0 Å². The molecule has 0 N–H and O–H groups in total. The van der Waals surface area contributed by atoms with Crippen LogP contribution in [0.3, 0.4) is 0 Å². The minimum atomic E-state index is -0.577. The maximum atomic E-state index is 11.6. The third kappa shape index (κ3) is 5.02. The molecule has 5 heteroatoms. The smallest absolute Gasteiger partial charge is 0.241 e. The molecule has 0 aromatic rings. The van der Waals surface area contributed by atoms with Crippen LogP contribution in [-0.4, -0.2) is 54.2 Å². The number of carbonyl (C=O) groups excluding carboxylic acids is 2. The fraction of sp³-hybridized carbons (Fsp3) is 0.800. The minimum Gasteiger partial charge on any atom is -0.347 e. The lowest BCUT2D eigenvalue weighted by atomic mass is 10.3. The average molecular weight is 235 g/mol. The van der Waals surface area contributed by atoms with Gasteiger partial charge in [0.15, 0.2) is 0 Å². The van der Waals surface area contributed by atoms with Crippen molar-refractivity contribution in [1.82, 2.24) is 9.80 Å². The summed E-state index contributed by atoms with van der Waals surface area (Å²) in [5, 5.41) is -0.577. The first-order valence-corrected chi connectivity index (χ1v) is 5.46. The van der Waals surface area contributed by atoms with Crippen LogP contribution in [0.4, 0.5) is 0 Å². The molecule has 88 valence electrons. The van der Waals surface area contributed by atoms with Gasteiger partial charge in [0, 0.05) is 20.6 Å². The Balaban J connectivity index is 4.40. The first-order valence-electron chi connectivity index (χ1n) is 5.03. The minimum absolute atomic E-state index is 0.0888. The summed E-state index contributed by atoms with van der Waals surface area (Å²) >= 11 is 5.71. The van der Waals surface area contributed by atoms with E-state index in [9.17, 15) is 9.59 Å². The summed E-state index contributed by atoms with van der Waals surface area (Å²) < 4.78 is 0. The summed E-state index contributed by atoms with van der Waals surface area (Å²) in [5.41, 5.74) is 0. The molecule has 0 rings (SSSR count). The zero-order valence-corrected chi connectivity index (χ0v) is 10.5. The molecule has 2 amide bonds. The molecule has 0 radical (unpaired) electrons. The molecule has 0 aliphatic carbocycles. The Morgan fingerprint density at radius 1 is 1.33 bits per heavy atom. The topological polar surface area (TPSA) is 40.6 Å². The highest BCUT2D eigenvalue weighted by Crippen LogP contribution is 2.03. The van der Waals surface area contributed by atoms with Gasteiger partial charge in [0.25, 0.3) is 0 Å². The van der Waals surface area contributed by atoms with Crippen molar-refractivity contribution >= 4 is 23.4 Å². The molecule has 0 fully saturated rings. The first-order chi connectivity index (χ1) is 6.90. The van der Waals surface area contributed by atoms with E-state index in [4.69, 9.17) is 11.6 Å². The lowest BCUT2D eigenvalue weighted by molar-refractivity contribution is -0.138. The van der Waals surface area contributed by atoms with Crippen molar-refractivity contribution in [1.29, 1.82) is 0 Å². The van der Waals surface area contributed by atoms with E-state index < -0.39 is 5.38 Å². The average Bonchev–Trinajstić information content (AvgIpc) is 2.15. The third-order valence-electron chi connectivity index (χ3n) is 1.97. The number of carbonyl (C=O) groups is 2. The van der Waals surface area contributed by atoms with Crippen LogP contribution in [0.1, 0.15) is 20.3 Å². The quantitative estimate of drug-likeness (QED) is 0.665. The van der Waals surface area contributed by atoms with Crippen molar-refractivity contribution in [2.75, 3.05) is 27.2 Å². The number of hydrogen-bond acceptors (Lipinski definition) is 2. The predicted octanol–water partition coefficient (Wildman–Crippen LogP) is 0.941. The largest absolute Gasteiger partial charge is 0.347 e. The Morgan fingerprint density at radius 2 is 1.87 bits per heavy atom. The van der Waals surface area contributed by atoms with Crippen molar-refractivity contribution in [2.24, 2.45) is 0 Å². The van der Waals surface area contributed by atoms with E-state index in [1.807, 2.05) is 6.92 Å². The van der Waals surface area contributed by atoms with Crippen molar-refractivity contribution in [3.8, 4) is 0 Å².